The van der Waals surface area contributed by atoms with Crippen molar-refractivity contribution in [3.05, 3.63) is 17.2 Å². The molecule has 1 aromatic heterocycles. The fourth-order valence-corrected chi connectivity index (χ4v) is 4.41. The second kappa shape index (κ2) is 10.0. The van der Waals surface area contributed by atoms with Crippen LogP contribution in [0.15, 0.2) is 12.2 Å². The van der Waals surface area contributed by atoms with Crippen molar-refractivity contribution in [3.8, 4) is 0 Å². The fourth-order valence-electron chi connectivity index (χ4n) is 3.36. The van der Waals surface area contributed by atoms with Gasteiger partial charge in [-0.05, 0) is 32.6 Å². The van der Waals surface area contributed by atoms with E-state index in [0.717, 1.165) is 37.1 Å². The van der Waals surface area contributed by atoms with Gasteiger partial charge in [-0.1, -0.05) is 43.3 Å². The maximum Gasteiger partial charge on any atom is 0.329 e. The van der Waals surface area contributed by atoms with Crippen LogP contribution in [0.5, 0.6) is 0 Å². The minimum atomic E-state index is -0.600. The van der Waals surface area contributed by atoms with Gasteiger partial charge in [0, 0.05) is 31.8 Å². The van der Waals surface area contributed by atoms with Crippen molar-refractivity contribution in [3.63, 3.8) is 0 Å². The number of esters is 1. The van der Waals surface area contributed by atoms with E-state index in [1.165, 1.54) is 17.8 Å². The number of unbranched alkanes of at least 4 members (excludes halogenated alkanes) is 1. The Bertz CT molecular complexity index is 701. The molecule has 1 aliphatic carbocycles. The first-order chi connectivity index (χ1) is 13.6. The molecule has 1 unspecified atom stereocenters. The van der Waals surface area contributed by atoms with Crippen molar-refractivity contribution in [2.75, 3.05) is 18.0 Å². The normalized spacial score (nSPS) is 20.6. The van der Waals surface area contributed by atoms with Crippen LogP contribution >= 0.6 is 11.3 Å². The molecule has 0 bridgehead atoms. The van der Waals surface area contributed by atoms with E-state index >= 15 is 0 Å². The quantitative estimate of drug-likeness (QED) is 0.447. The van der Waals surface area contributed by atoms with Crippen molar-refractivity contribution >= 4 is 28.5 Å². The lowest BCUT2D eigenvalue weighted by atomic mass is 9.86. The molecule has 1 aliphatic heterocycles. The number of aromatic nitrogens is 2. The zero-order valence-corrected chi connectivity index (χ0v) is 17.6. The lowest BCUT2D eigenvalue weighted by molar-refractivity contribution is -0.149. The smallest absolute Gasteiger partial charge is 0.329 e. The third kappa shape index (κ3) is 4.90. The number of anilines is 1. The molecule has 1 atom stereocenters. The van der Waals surface area contributed by atoms with Crippen molar-refractivity contribution < 1.29 is 14.3 Å². The topological polar surface area (TPSA) is 75.6 Å². The molecular weight excluding hydrogens is 376 g/mol. The zero-order valence-electron chi connectivity index (χ0n) is 16.8. The molecule has 2 aliphatic rings. The molecule has 1 saturated heterocycles. The van der Waals surface area contributed by atoms with Crippen LogP contribution in [0.3, 0.4) is 0 Å². The summed E-state index contributed by atoms with van der Waals surface area (Å²) in [6.45, 7) is 5.23. The van der Waals surface area contributed by atoms with Gasteiger partial charge in [-0.3, -0.25) is 4.79 Å². The summed E-state index contributed by atoms with van der Waals surface area (Å²) in [5.41, 5.74) is 0. The third-order valence-corrected chi connectivity index (χ3v) is 6.39. The van der Waals surface area contributed by atoms with E-state index in [-0.39, 0.29) is 12.0 Å². The van der Waals surface area contributed by atoms with Crippen LogP contribution in [0.2, 0.25) is 0 Å². The SMILES string of the molecule is CC=CCCN1CCC(OC(=O)CCCC)N(c2nnc(C3CCC3)s2)C1=O. The number of carbonyl (C=O) groups excluding carboxylic acids is 2. The molecular formula is C20H30N4O3S. The van der Waals surface area contributed by atoms with Gasteiger partial charge >= 0.3 is 12.0 Å². The molecule has 1 saturated carbocycles. The van der Waals surface area contributed by atoms with Gasteiger partial charge in [-0.2, -0.15) is 0 Å². The number of ether oxygens (including phenoxy) is 1. The van der Waals surface area contributed by atoms with Gasteiger partial charge in [0.2, 0.25) is 5.13 Å². The molecule has 154 valence electrons. The largest absolute Gasteiger partial charge is 0.441 e. The summed E-state index contributed by atoms with van der Waals surface area (Å²) in [5, 5.41) is 10.1. The highest BCUT2D eigenvalue weighted by atomic mass is 32.1. The van der Waals surface area contributed by atoms with Gasteiger partial charge in [0.25, 0.3) is 0 Å². The van der Waals surface area contributed by atoms with Crippen LogP contribution in [0.25, 0.3) is 0 Å². The van der Waals surface area contributed by atoms with E-state index in [0.29, 0.717) is 37.0 Å². The Kier molecular flexibility index (Phi) is 7.42. The highest BCUT2D eigenvalue weighted by Crippen LogP contribution is 2.40. The van der Waals surface area contributed by atoms with E-state index in [1.807, 2.05) is 26.0 Å². The molecule has 0 aromatic carbocycles. The summed E-state index contributed by atoms with van der Waals surface area (Å²) in [5.74, 6) is 0.207. The first kappa shape index (κ1) is 20.8. The first-order valence-electron chi connectivity index (χ1n) is 10.4. The Hall–Kier alpha value is -1.96. The molecule has 2 fully saturated rings. The zero-order chi connectivity index (χ0) is 19.9. The predicted molar refractivity (Wildman–Crippen MR) is 109 cm³/mol. The summed E-state index contributed by atoms with van der Waals surface area (Å²) < 4.78 is 5.68. The molecule has 8 heteroatoms. The van der Waals surface area contributed by atoms with E-state index < -0.39 is 6.23 Å². The van der Waals surface area contributed by atoms with Gasteiger partial charge in [-0.25, -0.2) is 9.69 Å². The Labute approximate surface area is 170 Å². The Morgan fingerprint density at radius 1 is 1.32 bits per heavy atom. The van der Waals surface area contributed by atoms with Crippen LogP contribution in [0, 0.1) is 0 Å². The van der Waals surface area contributed by atoms with Crippen LogP contribution in [-0.2, 0) is 9.53 Å². The minimum absolute atomic E-state index is 0.152. The van der Waals surface area contributed by atoms with Crippen molar-refractivity contribution in [2.24, 2.45) is 0 Å². The van der Waals surface area contributed by atoms with Crippen LogP contribution < -0.4 is 4.90 Å². The molecule has 0 N–H and O–H groups in total. The average Bonchev–Trinajstić information content (AvgIpc) is 3.09. The van der Waals surface area contributed by atoms with Crippen LogP contribution in [0.4, 0.5) is 9.93 Å². The number of hydrogen-bond donors (Lipinski definition) is 0. The average molecular weight is 407 g/mol. The number of hydrogen-bond acceptors (Lipinski definition) is 6. The first-order valence-corrected chi connectivity index (χ1v) is 11.2. The number of allylic oxidation sites excluding steroid dienone is 1. The van der Waals surface area contributed by atoms with Crippen molar-refractivity contribution in [2.45, 2.75) is 77.4 Å². The fraction of sp³-hybridized carbons (Fsp3) is 0.700. The van der Waals surface area contributed by atoms with E-state index in [4.69, 9.17) is 4.74 Å². The number of amides is 2. The monoisotopic (exact) mass is 406 g/mol. The van der Waals surface area contributed by atoms with E-state index in [1.54, 1.807) is 9.80 Å². The molecule has 0 radical (unpaired) electrons. The number of urea groups is 1. The molecule has 0 spiro atoms. The van der Waals surface area contributed by atoms with E-state index in [2.05, 4.69) is 10.2 Å². The van der Waals surface area contributed by atoms with Gasteiger partial charge in [0.15, 0.2) is 6.23 Å². The van der Waals surface area contributed by atoms with Crippen molar-refractivity contribution in [1.82, 2.24) is 15.1 Å². The number of rotatable bonds is 9. The second-order valence-corrected chi connectivity index (χ2v) is 8.37. The summed E-state index contributed by atoms with van der Waals surface area (Å²) >= 11 is 1.46. The van der Waals surface area contributed by atoms with Gasteiger partial charge in [0.1, 0.15) is 5.01 Å². The Balaban J connectivity index is 1.75. The molecule has 2 heterocycles. The molecule has 3 rings (SSSR count). The maximum absolute atomic E-state index is 13.2. The van der Waals surface area contributed by atoms with E-state index in [9.17, 15) is 9.59 Å². The van der Waals surface area contributed by atoms with Crippen molar-refractivity contribution in [1.29, 1.82) is 0 Å². The lowest BCUT2D eigenvalue weighted by Gasteiger charge is -2.39. The predicted octanol–water partition coefficient (Wildman–Crippen LogP) is 4.46. The molecule has 28 heavy (non-hydrogen) atoms. The second-order valence-electron chi connectivity index (χ2n) is 7.38. The summed E-state index contributed by atoms with van der Waals surface area (Å²) in [4.78, 5) is 28.7. The Morgan fingerprint density at radius 3 is 2.82 bits per heavy atom. The molecule has 2 amide bonds. The van der Waals surface area contributed by atoms with Crippen LogP contribution in [0.1, 0.15) is 76.1 Å². The highest BCUT2D eigenvalue weighted by molar-refractivity contribution is 7.15. The standard InChI is InChI=1S/C20H30N4O3S/c1-3-5-7-13-23-14-12-16(27-17(25)11-6-4-2)24(20(23)26)19-22-21-18(28-19)15-9-8-10-15/h3,5,15-16H,4,6-14H2,1-2H3. The number of carbonyl (C=O) groups is 2. The number of nitrogens with zero attached hydrogens (tertiary/aromatic N) is 4. The molecule has 1 aromatic rings. The van der Waals surface area contributed by atoms with Gasteiger partial charge in [0.05, 0.1) is 0 Å². The third-order valence-electron chi connectivity index (χ3n) is 5.30. The Morgan fingerprint density at radius 2 is 2.14 bits per heavy atom. The molecule has 7 nitrogen and oxygen atoms in total. The lowest BCUT2D eigenvalue weighted by Crippen LogP contribution is -2.56. The maximum atomic E-state index is 13.2. The minimum Gasteiger partial charge on any atom is -0.441 e. The van der Waals surface area contributed by atoms with Gasteiger partial charge in [-0.15, -0.1) is 10.2 Å². The summed E-state index contributed by atoms with van der Waals surface area (Å²) in [6.07, 6.45) is 10.4. The van der Waals surface area contributed by atoms with Gasteiger partial charge < -0.3 is 9.64 Å². The summed E-state index contributed by atoms with van der Waals surface area (Å²) in [6, 6.07) is -0.152. The van der Waals surface area contributed by atoms with Crippen LogP contribution in [-0.4, -0.2) is 46.4 Å². The highest BCUT2D eigenvalue weighted by Gasteiger charge is 2.39. The summed E-state index contributed by atoms with van der Waals surface area (Å²) in [7, 11) is 0.